The predicted molar refractivity (Wildman–Crippen MR) is 76.6 cm³/mol. The molecular formula is C16H16N2O3. The molecule has 0 saturated heterocycles. The van der Waals surface area contributed by atoms with Crippen molar-refractivity contribution in [3.05, 3.63) is 53.5 Å². The lowest BCUT2D eigenvalue weighted by Gasteiger charge is -2.17. The molecule has 5 heteroatoms. The smallest absolute Gasteiger partial charge is 0.260 e. The molecule has 21 heavy (non-hydrogen) atoms. The Balaban J connectivity index is 1.93. The van der Waals surface area contributed by atoms with Gasteiger partial charge in [0.1, 0.15) is 17.6 Å². The van der Waals surface area contributed by atoms with Crippen LogP contribution in [0.15, 0.2) is 41.0 Å². The van der Waals surface area contributed by atoms with Gasteiger partial charge in [0.15, 0.2) is 6.61 Å². The highest BCUT2D eigenvalue weighted by atomic mass is 16.5. The Kier molecular flexibility index (Phi) is 4.62. The van der Waals surface area contributed by atoms with Crippen molar-refractivity contribution in [1.82, 2.24) is 4.90 Å². The summed E-state index contributed by atoms with van der Waals surface area (Å²) in [6, 6.07) is 10.7. The molecule has 0 saturated carbocycles. The van der Waals surface area contributed by atoms with Gasteiger partial charge >= 0.3 is 0 Å². The number of hydrogen-bond donors (Lipinski definition) is 0. The van der Waals surface area contributed by atoms with Gasteiger partial charge in [0.05, 0.1) is 11.8 Å². The van der Waals surface area contributed by atoms with Crippen LogP contribution in [0.2, 0.25) is 0 Å². The van der Waals surface area contributed by atoms with E-state index in [2.05, 4.69) is 0 Å². The van der Waals surface area contributed by atoms with Gasteiger partial charge in [-0.05, 0) is 25.1 Å². The molecular weight excluding hydrogens is 268 g/mol. The maximum Gasteiger partial charge on any atom is 0.260 e. The SMILES string of the molecule is Cc1occc1CN(C)C(=O)COc1ccccc1C#N. The molecule has 2 aromatic rings. The lowest BCUT2D eigenvalue weighted by Crippen LogP contribution is -2.31. The molecule has 0 aliphatic heterocycles. The van der Waals surface area contributed by atoms with E-state index in [1.807, 2.05) is 19.1 Å². The van der Waals surface area contributed by atoms with E-state index in [9.17, 15) is 4.79 Å². The van der Waals surface area contributed by atoms with E-state index in [0.29, 0.717) is 17.9 Å². The van der Waals surface area contributed by atoms with E-state index in [1.165, 1.54) is 0 Å². The number of hydrogen-bond acceptors (Lipinski definition) is 4. The second kappa shape index (κ2) is 6.62. The van der Waals surface area contributed by atoms with Crippen molar-refractivity contribution < 1.29 is 13.9 Å². The molecule has 108 valence electrons. The molecule has 0 fully saturated rings. The Morgan fingerprint density at radius 1 is 1.38 bits per heavy atom. The molecule has 1 aromatic heterocycles. The van der Waals surface area contributed by atoms with Crippen molar-refractivity contribution >= 4 is 5.91 Å². The van der Waals surface area contributed by atoms with Crippen LogP contribution in [0.4, 0.5) is 0 Å². The quantitative estimate of drug-likeness (QED) is 0.846. The monoisotopic (exact) mass is 284 g/mol. The zero-order valence-electron chi connectivity index (χ0n) is 12.0. The summed E-state index contributed by atoms with van der Waals surface area (Å²) in [7, 11) is 1.70. The van der Waals surface area contributed by atoms with Crippen molar-refractivity contribution in [2.24, 2.45) is 0 Å². The average molecular weight is 284 g/mol. The fourth-order valence-electron chi connectivity index (χ4n) is 1.85. The number of furan rings is 1. The van der Waals surface area contributed by atoms with Crippen LogP contribution in [0.3, 0.4) is 0 Å². The van der Waals surface area contributed by atoms with Gasteiger partial charge in [-0.15, -0.1) is 0 Å². The van der Waals surface area contributed by atoms with Gasteiger partial charge in [-0.3, -0.25) is 4.79 Å². The van der Waals surface area contributed by atoms with Crippen LogP contribution in [0.25, 0.3) is 0 Å². The summed E-state index contributed by atoms with van der Waals surface area (Å²) in [5, 5.41) is 8.96. The molecule has 0 aliphatic rings. The van der Waals surface area contributed by atoms with Crippen LogP contribution >= 0.6 is 0 Å². The Morgan fingerprint density at radius 2 is 2.14 bits per heavy atom. The predicted octanol–water partition coefficient (Wildman–Crippen LogP) is 2.50. The van der Waals surface area contributed by atoms with Gasteiger partial charge in [-0.2, -0.15) is 5.26 Å². The average Bonchev–Trinajstić information content (AvgIpc) is 2.90. The molecule has 1 heterocycles. The van der Waals surface area contributed by atoms with Crippen LogP contribution in [0.5, 0.6) is 5.75 Å². The van der Waals surface area contributed by atoms with Gasteiger partial charge < -0.3 is 14.1 Å². The van der Waals surface area contributed by atoms with Gasteiger partial charge in [0.25, 0.3) is 5.91 Å². The first-order valence-electron chi connectivity index (χ1n) is 6.50. The molecule has 0 bridgehead atoms. The van der Waals surface area contributed by atoms with Crippen LogP contribution in [-0.4, -0.2) is 24.5 Å². The van der Waals surface area contributed by atoms with E-state index in [-0.39, 0.29) is 12.5 Å². The van der Waals surface area contributed by atoms with Gasteiger partial charge in [-0.1, -0.05) is 12.1 Å². The Hall–Kier alpha value is -2.74. The van der Waals surface area contributed by atoms with Crippen LogP contribution < -0.4 is 4.74 Å². The molecule has 0 atom stereocenters. The maximum atomic E-state index is 12.0. The highest BCUT2D eigenvalue weighted by molar-refractivity contribution is 5.77. The number of nitriles is 1. The van der Waals surface area contributed by atoms with E-state index in [4.69, 9.17) is 14.4 Å². The Bertz CT molecular complexity index is 670. The highest BCUT2D eigenvalue weighted by Gasteiger charge is 2.13. The highest BCUT2D eigenvalue weighted by Crippen LogP contribution is 2.17. The summed E-state index contributed by atoms with van der Waals surface area (Å²) in [5.41, 5.74) is 1.38. The number of para-hydroxylation sites is 1. The second-order valence-electron chi connectivity index (χ2n) is 4.65. The Labute approximate surface area is 123 Å². The molecule has 0 unspecified atom stereocenters. The number of carbonyl (C=O) groups excluding carboxylic acids is 1. The van der Waals surface area contributed by atoms with Gasteiger partial charge in [-0.25, -0.2) is 0 Å². The number of nitrogens with zero attached hydrogens (tertiary/aromatic N) is 2. The molecule has 0 spiro atoms. The van der Waals surface area contributed by atoms with Crippen molar-refractivity contribution in [3.8, 4) is 11.8 Å². The number of ether oxygens (including phenoxy) is 1. The zero-order chi connectivity index (χ0) is 15.2. The first kappa shape index (κ1) is 14.7. The lowest BCUT2D eigenvalue weighted by atomic mass is 10.2. The third kappa shape index (κ3) is 3.63. The fraction of sp³-hybridized carbons (Fsp3) is 0.250. The number of likely N-dealkylation sites (N-methyl/N-ethyl adjacent to an activating group) is 1. The third-order valence-corrected chi connectivity index (χ3v) is 3.16. The van der Waals surface area contributed by atoms with Crippen LogP contribution in [0, 0.1) is 18.3 Å². The summed E-state index contributed by atoms with van der Waals surface area (Å²) in [4.78, 5) is 13.6. The summed E-state index contributed by atoms with van der Waals surface area (Å²) in [6.45, 7) is 2.21. The normalized spacial score (nSPS) is 9.95. The van der Waals surface area contributed by atoms with E-state index in [1.54, 1.807) is 42.5 Å². The molecule has 5 nitrogen and oxygen atoms in total. The van der Waals surface area contributed by atoms with Crippen molar-refractivity contribution in [2.45, 2.75) is 13.5 Å². The second-order valence-corrected chi connectivity index (χ2v) is 4.65. The van der Waals surface area contributed by atoms with E-state index < -0.39 is 0 Å². The molecule has 1 amide bonds. The molecule has 1 aromatic carbocycles. The standard InChI is InChI=1S/C16H16N2O3/c1-12-14(7-8-20-12)10-18(2)16(19)11-21-15-6-4-3-5-13(15)9-17/h3-8H,10-11H2,1-2H3. The zero-order valence-corrected chi connectivity index (χ0v) is 12.0. The number of aryl methyl sites for hydroxylation is 1. The minimum atomic E-state index is -0.164. The van der Waals surface area contributed by atoms with Gasteiger partial charge in [0, 0.05) is 19.2 Å². The first-order valence-corrected chi connectivity index (χ1v) is 6.50. The summed E-state index contributed by atoms with van der Waals surface area (Å²) in [5.74, 6) is 1.05. The Morgan fingerprint density at radius 3 is 2.81 bits per heavy atom. The van der Waals surface area contributed by atoms with Crippen molar-refractivity contribution in [1.29, 1.82) is 5.26 Å². The number of benzene rings is 1. The topological polar surface area (TPSA) is 66.5 Å². The minimum Gasteiger partial charge on any atom is -0.482 e. The van der Waals surface area contributed by atoms with Crippen molar-refractivity contribution in [3.63, 3.8) is 0 Å². The minimum absolute atomic E-state index is 0.105. The summed E-state index contributed by atoms with van der Waals surface area (Å²) in [6.07, 6.45) is 1.60. The first-order chi connectivity index (χ1) is 10.1. The van der Waals surface area contributed by atoms with E-state index in [0.717, 1.165) is 11.3 Å². The number of rotatable bonds is 5. The molecule has 0 N–H and O–H groups in total. The summed E-state index contributed by atoms with van der Waals surface area (Å²) >= 11 is 0. The number of amides is 1. The summed E-state index contributed by atoms with van der Waals surface area (Å²) < 4.78 is 10.6. The fourth-order valence-corrected chi connectivity index (χ4v) is 1.85. The van der Waals surface area contributed by atoms with Crippen LogP contribution in [0.1, 0.15) is 16.9 Å². The maximum absolute atomic E-state index is 12.0. The third-order valence-electron chi connectivity index (χ3n) is 3.16. The molecule has 0 aliphatic carbocycles. The van der Waals surface area contributed by atoms with Crippen LogP contribution in [-0.2, 0) is 11.3 Å². The molecule has 0 radical (unpaired) electrons. The lowest BCUT2D eigenvalue weighted by molar-refractivity contribution is -0.132. The van der Waals surface area contributed by atoms with Crippen molar-refractivity contribution in [2.75, 3.05) is 13.7 Å². The van der Waals surface area contributed by atoms with E-state index >= 15 is 0 Å². The number of carbonyl (C=O) groups is 1. The largest absolute Gasteiger partial charge is 0.482 e. The molecule has 2 rings (SSSR count). The van der Waals surface area contributed by atoms with Gasteiger partial charge in [0.2, 0.25) is 0 Å².